The molecule has 4 nitrogen and oxygen atoms in total. The van der Waals surface area contributed by atoms with Crippen LogP contribution in [0.4, 0.5) is 0 Å². The van der Waals surface area contributed by atoms with Crippen LogP contribution in [-0.4, -0.2) is 21.3 Å². The van der Waals surface area contributed by atoms with Gasteiger partial charge in [-0.3, -0.25) is 4.79 Å². The number of aromatic nitrogens is 3. The molecule has 3 aromatic rings. The lowest BCUT2D eigenvalue weighted by Crippen LogP contribution is -2.02. The van der Waals surface area contributed by atoms with E-state index in [1.165, 1.54) is 0 Å². The first kappa shape index (κ1) is 14.5. The van der Waals surface area contributed by atoms with Crippen molar-refractivity contribution in [1.82, 2.24) is 15.0 Å². The van der Waals surface area contributed by atoms with Crippen molar-refractivity contribution in [2.45, 2.75) is 13.8 Å². The van der Waals surface area contributed by atoms with Crippen LogP contribution in [0.15, 0.2) is 42.5 Å². The van der Waals surface area contributed by atoms with Gasteiger partial charge in [0.15, 0.2) is 12.0 Å². The summed E-state index contributed by atoms with van der Waals surface area (Å²) in [5.74, 6) is 0. The van der Waals surface area contributed by atoms with E-state index in [1.54, 1.807) is 10.7 Å². The second-order valence-corrected chi connectivity index (χ2v) is 5.59. The number of carbonyl (C=O) groups excluding carboxylic acids is 1. The number of carbonyl (C=O) groups is 1. The number of hydrogen-bond acceptors (Lipinski definition) is 3. The predicted octanol–water partition coefficient (Wildman–Crippen LogP) is 4.02. The molecule has 0 aliphatic rings. The normalized spacial score (nSPS) is 10.7. The maximum atomic E-state index is 11.3. The number of nitrogens with zero attached hydrogens (tertiary/aromatic N) is 3. The average Bonchev–Trinajstić information content (AvgIpc) is 2.91. The van der Waals surface area contributed by atoms with Crippen LogP contribution < -0.4 is 0 Å². The minimum atomic E-state index is 0.319. The summed E-state index contributed by atoms with van der Waals surface area (Å²) in [6.07, 6.45) is 0.729. The summed E-state index contributed by atoms with van der Waals surface area (Å²) in [6, 6.07) is 13.4. The van der Waals surface area contributed by atoms with Crippen molar-refractivity contribution in [3.63, 3.8) is 0 Å². The molecule has 1 aromatic heterocycles. The molecular formula is C17H14ClN3O. The standard InChI is InChI=1S/C17H14ClN3O/c1-11-4-3-5-13(8-11)17-15(10-22)19-20-21(17)16-7-6-14(18)9-12(16)2/h3-10H,1-2H3. The van der Waals surface area contributed by atoms with Crippen LogP contribution in [0.5, 0.6) is 0 Å². The Morgan fingerprint density at radius 1 is 1.14 bits per heavy atom. The molecule has 5 heteroatoms. The summed E-state index contributed by atoms with van der Waals surface area (Å²) in [7, 11) is 0. The van der Waals surface area contributed by atoms with Crippen molar-refractivity contribution in [3.05, 3.63) is 64.3 Å². The highest BCUT2D eigenvalue weighted by molar-refractivity contribution is 6.30. The van der Waals surface area contributed by atoms with Crippen molar-refractivity contribution in [3.8, 4) is 16.9 Å². The zero-order valence-electron chi connectivity index (χ0n) is 12.2. The molecule has 0 saturated heterocycles. The quantitative estimate of drug-likeness (QED) is 0.686. The molecule has 0 bridgehead atoms. The van der Waals surface area contributed by atoms with Gasteiger partial charge in [-0.25, -0.2) is 4.68 Å². The van der Waals surface area contributed by atoms with Gasteiger partial charge in [0.05, 0.1) is 5.69 Å². The van der Waals surface area contributed by atoms with Crippen molar-refractivity contribution in [2.75, 3.05) is 0 Å². The minimum Gasteiger partial charge on any atom is -0.296 e. The summed E-state index contributed by atoms with van der Waals surface area (Å²) >= 11 is 6.01. The SMILES string of the molecule is Cc1cccc(-c2c(C=O)nnn2-c2ccc(Cl)cc2C)c1. The molecule has 1 heterocycles. The average molecular weight is 312 g/mol. The Morgan fingerprint density at radius 2 is 1.95 bits per heavy atom. The molecule has 2 aromatic carbocycles. The molecule has 0 aliphatic carbocycles. The maximum absolute atomic E-state index is 11.3. The van der Waals surface area contributed by atoms with Gasteiger partial charge < -0.3 is 0 Å². The highest BCUT2D eigenvalue weighted by atomic mass is 35.5. The first-order valence-corrected chi connectivity index (χ1v) is 7.22. The van der Waals surface area contributed by atoms with Crippen LogP contribution in [0.3, 0.4) is 0 Å². The fourth-order valence-corrected chi connectivity index (χ4v) is 2.69. The lowest BCUT2D eigenvalue weighted by atomic mass is 10.1. The number of benzene rings is 2. The van der Waals surface area contributed by atoms with Crippen LogP contribution in [-0.2, 0) is 0 Å². The third-order valence-corrected chi connectivity index (χ3v) is 3.72. The van der Waals surface area contributed by atoms with Crippen molar-refractivity contribution in [2.24, 2.45) is 0 Å². The third kappa shape index (κ3) is 2.53. The Balaban J connectivity index is 2.26. The van der Waals surface area contributed by atoms with Crippen molar-refractivity contribution >= 4 is 17.9 Å². The molecule has 110 valence electrons. The van der Waals surface area contributed by atoms with Crippen molar-refractivity contribution in [1.29, 1.82) is 0 Å². The van der Waals surface area contributed by atoms with E-state index in [0.717, 1.165) is 28.7 Å². The van der Waals surface area contributed by atoms with E-state index in [4.69, 9.17) is 11.6 Å². The van der Waals surface area contributed by atoms with Crippen LogP contribution in [0, 0.1) is 13.8 Å². The van der Waals surface area contributed by atoms with Gasteiger partial charge in [-0.05, 0) is 43.7 Å². The Morgan fingerprint density at radius 3 is 2.64 bits per heavy atom. The number of rotatable bonds is 3. The summed E-state index contributed by atoms with van der Waals surface area (Å²) in [5, 5.41) is 8.80. The number of hydrogen-bond donors (Lipinski definition) is 0. The second-order valence-electron chi connectivity index (χ2n) is 5.15. The molecule has 0 aliphatic heterocycles. The Hall–Kier alpha value is -2.46. The van der Waals surface area contributed by atoms with Gasteiger partial charge in [0.1, 0.15) is 5.69 Å². The molecule has 22 heavy (non-hydrogen) atoms. The summed E-state index contributed by atoms with van der Waals surface area (Å²) < 4.78 is 1.68. The van der Waals surface area contributed by atoms with Gasteiger partial charge in [-0.2, -0.15) is 0 Å². The fourth-order valence-electron chi connectivity index (χ4n) is 2.46. The molecule has 0 fully saturated rings. The third-order valence-electron chi connectivity index (χ3n) is 3.49. The Kier molecular flexibility index (Phi) is 3.77. The maximum Gasteiger partial charge on any atom is 0.172 e. The van der Waals surface area contributed by atoms with Crippen LogP contribution in [0.25, 0.3) is 16.9 Å². The fraction of sp³-hybridized carbons (Fsp3) is 0.118. The zero-order chi connectivity index (χ0) is 15.7. The van der Waals surface area contributed by atoms with E-state index >= 15 is 0 Å². The minimum absolute atomic E-state index is 0.319. The summed E-state index contributed by atoms with van der Waals surface area (Å²) in [6.45, 7) is 3.95. The lowest BCUT2D eigenvalue weighted by molar-refractivity contribution is 0.111. The largest absolute Gasteiger partial charge is 0.296 e. The van der Waals surface area contributed by atoms with E-state index in [2.05, 4.69) is 10.3 Å². The van der Waals surface area contributed by atoms with E-state index < -0.39 is 0 Å². The van der Waals surface area contributed by atoms with Gasteiger partial charge >= 0.3 is 0 Å². The first-order chi connectivity index (χ1) is 10.6. The molecule has 0 atom stereocenters. The number of aldehydes is 1. The second kappa shape index (κ2) is 5.73. The van der Waals surface area contributed by atoms with Crippen LogP contribution in [0.2, 0.25) is 5.02 Å². The van der Waals surface area contributed by atoms with Gasteiger partial charge in [-0.1, -0.05) is 40.6 Å². The molecule has 3 rings (SSSR count). The number of aryl methyl sites for hydroxylation is 2. The molecule has 0 saturated carbocycles. The topological polar surface area (TPSA) is 47.8 Å². The highest BCUT2D eigenvalue weighted by Gasteiger charge is 2.17. The summed E-state index contributed by atoms with van der Waals surface area (Å²) in [5.41, 5.74) is 4.82. The number of halogens is 1. The molecular weight excluding hydrogens is 298 g/mol. The van der Waals surface area contributed by atoms with Crippen LogP contribution >= 0.6 is 11.6 Å². The lowest BCUT2D eigenvalue weighted by Gasteiger charge is -2.10. The van der Waals surface area contributed by atoms with E-state index in [9.17, 15) is 4.79 Å². The molecule has 0 spiro atoms. The van der Waals surface area contributed by atoms with Gasteiger partial charge in [0, 0.05) is 10.6 Å². The highest BCUT2D eigenvalue weighted by Crippen LogP contribution is 2.27. The Bertz CT molecular complexity index is 855. The van der Waals surface area contributed by atoms with Crippen molar-refractivity contribution < 1.29 is 4.79 Å². The molecule has 0 unspecified atom stereocenters. The van der Waals surface area contributed by atoms with Gasteiger partial charge in [0.2, 0.25) is 0 Å². The zero-order valence-corrected chi connectivity index (χ0v) is 13.0. The van der Waals surface area contributed by atoms with Crippen LogP contribution in [0.1, 0.15) is 21.6 Å². The Labute approximate surface area is 133 Å². The monoisotopic (exact) mass is 311 g/mol. The summed E-state index contributed by atoms with van der Waals surface area (Å²) in [4.78, 5) is 11.3. The molecule has 0 N–H and O–H groups in total. The van der Waals surface area contributed by atoms with Gasteiger partial charge in [0.25, 0.3) is 0 Å². The van der Waals surface area contributed by atoms with E-state index in [0.29, 0.717) is 16.4 Å². The molecule has 0 amide bonds. The van der Waals surface area contributed by atoms with Gasteiger partial charge in [-0.15, -0.1) is 5.10 Å². The predicted molar refractivity (Wildman–Crippen MR) is 86.7 cm³/mol. The van der Waals surface area contributed by atoms with E-state index in [1.807, 2.05) is 50.2 Å². The molecule has 0 radical (unpaired) electrons. The first-order valence-electron chi connectivity index (χ1n) is 6.84. The smallest absolute Gasteiger partial charge is 0.172 e. The van der Waals surface area contributed by atoms with E-state index in [-0.39, 0.29) is 0 Å².